The fourth-order valence-corrected chi connectivity index (χ4v) is 3.27. The molecule has 2 aromatic heterocycles. The third kappa shape index (κ3) is 3.02. The summed E-state index contributed by atoms with van der Waals surface area (Å²) >= 11 is 5.83. The third-order valence-corrected chi connectivity index (χ3v) is 4.70. The molecule has 0 aliphatic heterocycles. The largest absolute Gasteiger partial charge is 0.294 e. The van der Waals surface area contributed by atoms with Crippen molar-refractivity contribution in [1.29, 1.82) is 0 Å². The fourth-order valence-electron chi connectivity index (χ4n) is 3.17. The maximum atomic E-state index is 12.7. The van der Waals surface area contributed by atoms with Crippen molar-refractivity contribution in [2.24, 2.45) is 11.8 Å². The Kier molecular flexibility index (Phi) is 4.48. The second kappa shape index (κ2) is 6.40. The zero-order valence-corrected chi connectivity index (χ0v) is 14.5. The van der Waals surface area contributed by atoms with Crippen molar-refractivity contribution in [3.8, 4) is 5.82 Å². The molecule has 2 aromatic rings. The molecule has 1 unspecified atom stereocenters. The van der Waals surface area contributed by atoms with Crippen molar-refractivity contribution in [1.82, 2.24) is 20.0 Å². The van der Waals surface area contributed by atoms with E-state index in [0.717, 1.165) is 36.2 Å². The minimum atomic E-state index is 0.210. The molecule has 0 fully saturated rings. The number of rotatable bonds is 4. The average molecular weight is 333 g/mol. The molecule has 1 aliphatic carbocycles. The number of carbonyl (C=O) groups excluding carboxylic acids is 1. The summed E-state index contributed by atoms with van der Waals surface area (Å²) in [6, 6.07) is 3.49. The lowest BCUT2D eigenvalue weighted by molar-refractivity contribution is 0.0931. The van der Waals surface area contributed by atoms with Crippen LogP contribution >= 0.6 is 11.6 Å². The molecule has 1 aliphatic rings. The first-order chi connectivity index (χ1) is 11.0. The standard InChI is InChI=1S/C17H21ClN4O/c1-4-5-12-17-13(8-11(10(2)3)9-14(17)23)22(21-12)16-7-6-15(18)19-20-16/h6-7,10-11H,4-5,8-9H2,1-3H3. The molecule has 0 radical (unpaired) electrons. The lowest BCUT2D eigenvalue weighted by atomic mass is 9.79. The molecular formula is C17H21ClN4O. The minimum absolute atomic E-state index is 0.210. The van der Waals surface area contributed by atoms with E-state index in [2.05, 4.69) is 36.1 Å². The predicted octanol–water partition coefficient (Wildman–Crippen LogP) is 3.67. The van der Waals surface area contributed by atoms with Gasteiger partial charge in [-0.25, -0.2) is 4.68 Å². The van der Waals surface area contributed by atoms with Crippen LogP contribution in [0.15, 0.2) is 12.1 Å². The molecular weight excluding hydrogens is 312 g/mol. The Bertz CT molecular complexity index is 721. The molecule has 2 heterocycles. The van der Waals surface area contributed by atoms with E-state index in [1.807, 2.05) is 0 Å². The van der Waals surface area contributed by atoms with Gasteiger partial charge in [0.1, 0.15) is 0 Å². The zero-order valence-electron chi connectivity index (χ0n) is 13.7. The first-order valence-electron chi connectivity index (χ1n) is 8.14. The summed E-state index contributed by atoms with van der Waals surface area (Å²) in [6.45, 7) is 6.43. The summed E-state index contributed by atoms with van der Waals surface area (Å²) < 4.78 is 1.79. The van der Waals surface area contributed by atoms with Gasteiger partial charge in [0.15, 0.2) is 16.8 Å². The minimum Gasteiger partial charge on any atom is -0.294 e. The maximum absolute atomic E-state index is 12.7. The highest BCUT2D eigenvalue weighted by Crippen LogP contribution is 2.33. The molecule has 0 bridgehead atoms. The van der Waals surface area contributed by atoms with Gasteiger partial charge in [-0.1, -0.05) is 38.8 Å². The molecule has 23 heavy (non-hydrogen) atoms. The van der Waals surface area contributed by atoms with Crippen LogP contribution in [0.1, 0.15) is 55.4 Å². The maximum Gasteiger partial charge on any atom is 0.176 e. The third-order valence-electron chi connectivity index (χ3n) is 4.50. The fraction of sp³-hybridized carbons (Fsp3) is 0.529. The smallest absolute Gasteiger partial charge is 0.176 e. The van der Waals surface area contributed by atoms with Crippen molar-refractivity contribution in [3.63, 3.8) is 0 Å². The van der Waals surface area contributed by atoms with E-state index in [-0.39, 0.29) is 5.78 Å². The van der Waals surface area contributed by atoms with Crippen LogP contribution in [0.25, 0.3) is 5.82 Å². The highest BCUT2D eigenvalue weighted by molar-refractivity contribution is 6.29. The first kappa shape index (κ1) is 16.1. The van der Waals surface area contributed by atoms with Gasteiger partial charge in [-0.15, -0.1) is 10.2 Å². The molecule has 5 nitrogen and oxygen atoms in total. The Morgan fingerprint density at radius 2 is 2.09 bits per heavy atom. The number of halogens is 1. The Morgan fingerprint density at radius 3 is 2.70 bits per heavy atom. The molecule has 3 rings (SSSR count). The van der Waals surface area contributed by atoms with Gasteiger partial charge in [0.2, 0.25) is 0 Å². The van der Waals surface area contributed by atoms with Gasteiger partial charge in [0.25, 0.3) is 0 Å². The molecule has 0 spiro atoms. The van der Waals surface area contributed by atoms with Crippen LogP contribution in [0.4, 0.5) is 0 Å². The second-order valence-corrected chi connectivity index (χ2v) is 6.87. The summed E-state index contributed by atoms with van der Waals surface area (Å²) in [5, 5.41) is 13.1. The van der Waals surface area contributed by atoms with Gasteiger partial charge in [-0.2, -0.15) is 5.10 Å². The van der Waals surface area contributed by atoms with Gasteiger partial charge in [0.05, 0.1) is 17.0 Å². The Balaban J connectivity index is 2.12. The van der Waals surface area contributed by atoms with Crippen molar-refractivity contribution in [2.45, 2.75) is 46.5 Å². The number of hydrogen-bond donors (Lipinski definition) is 0. The van der Waals surface area contributed by atoms with Crippen LogP contribution in [0.3, 0.4) is 0 Å². The van der Waals surface area contributed by atoms with Crippen LogP contribution in [0, 0.1) is 11.8 Å². The quantitative estimate of drug-likeness (QED) is 0.857. The van der Waals surface area contributed by atoms with Gasteiger partial charge in [0, 0.05) is 6.42 Å². The average Bonchev–Trinajstić information content (AvgIpc) is 2.87. The first-order valence-corrected chi connectivity index (χ1v) is 8.52. The van der Waals surface area contributed by atoms with E-state index in [1.54, 1.807) is 16.8 Å². The van der Waals surface area contributed by atoms with E-state index in [9.17, 15) is 4.79 Å². The molecule has 6 heteroatoms. The second-order valence-electron chi connectivity index (χ2n) is 6.48. The number of aryl methyl sites for hydroxylation is 1. The zero-order chi connectivity index (χ0) is 16.6. The number of carbonyl (C=O) groups is 1. The number of Topliss-reactive ketones (excluding diaryl/α,β-unsaturated/α-hetero) is 1. The lowest BCUT2D eigenvalue weighted by Gasteiger charge is -2.25. The number of fused-ring (bicyclic) bond motifs is 1. The number of nitrogens with zero attached hydrogens (tertiary/aromatic N) is 4. The summed E-state index contributed by atoms with van der Waals surface area (Å²) in [4.78, 5) is 12.7. The van der Waals surface area contributed by atoms with E-state index in [1.165, 1.54) is 0 Å². The summed E-state index contributed by atoms with van der Waals surface area (Å²) in [5.41, 5.74) is 2.66. The Morgan fingerprint density at radius 1 is 1.30 bits per heavy atom. The highest BCUT2D eigenvalue weighted by atomic mass is 35.5. The van der Waals surface area contributed by atoms with Crippen LogP contribution in [0.2, 0.25) is 5.15 Å². The molecule has 1 atom stereocenters. The molecule has 0 amide bonds. The number of aromatic nitrogens is 4. The SMILES string of the molecule is CCCc1nn(-c2ccc(Cl)nn2)c2c1C(=O)CC(C(C)C)C2. The molecule has 0 saturated heterocycles. The summed E-state index contributed by atoms with van der Waals surface area (Å²) in [6.07, 6.45) is 3.21. The lowest BCUT2D eigenvalue weighted by Crippen LogP contribution is -2.25. The van der Waals surface area contributed by atoms with Crippen LogP contribution in [0.5, 0.6) is 0 Å². The predicted molar refractivity (Wildman–Crippen MR) is 89.1 cm³/mol. The van der Waals surface area contributed by atoms with Crippen molar-refractivity contribution in [2.75, 3.05) is 0 Å². The summed E-state index contributed by atoms with van der Waals surface area (Å²) in [5.74, 6) is 1.63. The van der Waals surface area contributed by atoms with Crippen LogP contribution < -0.4 is 0 Å². The van der Waals surface area contributed by atoms with E-state index in [0.29, 0.717) is 29.2 Å². The molecule has 0 N–H and O–H groups in total. The van der Waals surface area contributed by atoms with Crippen molar-refractivity contribution in [3.05, 3.63) is 34.2 Å². The highest BCUT2D eigenvalue weighted by Gasteiger charge is 2.33. The number of hydrogen-bond acceptors (Lipinski definition) is 4. The Labute approximate surface area is 141 Å². The molecule has 122 valence electrons. The van der Waals surface area contributed by atoms with Crippen LogP contribution in [-0.4, -0.2) is 25.8 Å². The topological polar surface area (TPSA) is 60.7 Å². The van der Waals surface area contributed by atoms with Crippen LogP contribution in [-0.2, 0) is 12.8 Å². The van der Waals surface area contributed by atoms with Gasteiger partial charge in [-0.05, 0) is 36.8 Å². The van der Waals surface area contributed by atoms with E-state index < -0.39 is 0 Å². The monoisotopic (exact) mass is 332 g/mol. The van der Waals surface area contributed by atoms with Gasteiger partial charge in [-0.3, -0.25) is 4.79 Å². The summed E-state index contributed by atoms with van der Waals surface area (Å²) in [7, 11) is 0. The van der Waals surface area contributed by atoms with Gasteiger partial charge >= 0.3 is 0 Å². The normalized spacial score (nSPS) is 17.6. The Hall–Kier alpha value is -1.75. The van der Waals surface area contributed by atoms with Gasteiger partial charge < -0.3 is 0 Å². The van der Waals surface area contributed by atoms with E-state index >= 15 is 0 Å². The molecule has 0 aromatic carbocycles. The number of ketones is 1. The van der Waals surface area contributed by atoms with Crippen molar-refractivity contribution >= 4 is 17.4 Å². The van der Waals surface area contributed by atoms with E-state index in [4.69, 9.17) is 11.6 Å². The molecule has 0 saturated carbocycles. The van der Waals surface area contributed by atoms with Crippen molar-refractivity contribution < 1.29 is 4.79 Å².